The van der Waals surface area contributed by atoms with E-state index < -0.39 is 0 Å². The molecule has 0 saturated carbocycles. The molecule has 2 aliphatic heterocycles. The van der Waals surface area contributed by atoms with Crippen molar-refractivity contribution in [3.05, 3.63) is 90.0 Å². The van der Waals surface area contributed by atoms with Gasteiger partial charge in [0, 0.05) is 18.6 Å². The lowest BCUT2D eigenvalue weighted by Crippen LogP contribution is -2.28. The van der Waals surface area contributed by atoms with Crippen molar-refractivity contribution in [3.63, 3.8) is 0 Å². The number of carbonyl (C=O) groups excluding carboxylic acids is 1. The number of ether oxygens (including phenoxy) is 3. The summed E-state index contributed by atoms with van der Waals surface area (Å²) in [5, 5.41) is 16.2. The number of hydrogen-bond acceptors (Lipinski definition) is 8. The standard InChI is InChI=1S/C32H33N5O4S/c1-39-25-14-10-23(11-15-25)29-19-28(22-7-4-3-5-8-22)35-37(29)30(38)21-42-32-34-33-31(24-12-16-26(40-2)17-13-24)36(32)20-27-9-6-18-41-27/h3-5,7-8,10-17,27,29H,6,9,18-21H2,1-2H3/t27-,29+/m0/s1. The smallest absolute Gasteiger partial charge is 0.253 e. The Morgan fingerprint density at radius 2 is 1.64 bits per heavy atom. The second kappa shape index (κ2) is 12.8. The third kappa shape index (κ3) is 6.05. The Morgan fingerprint density at radius 3 is 2.31 bits per heavy atom. The first kappa shape index (κ1) is 28.0. The molecular weight excluding hydrogens is 550 g/mol. The molecule has 0 N–H and O–H groups in total. The van der Waals surface area contributed by atoms with Gasteiger partial charge in [-0.05, 0) is 60.4 Å². The van der Waals surface area contributed by atoms with Crippen LogP contribution in [0.2, 0.25) is 0 Å². The molecule has 42 heavy (non-hydrogen) atoms. The molecule has 0 aliphatic carbocycles. The van der Waals surface area contributed by atoms with Crippen LogP contribution in [0.1, 0.15) is 36.4 Å². The number of nitrogens with zero attached hydrogens (tertiary/aromatic N) is 5. The fraction of sp³-hybridized carbons (Fsp3) is 0.312. The molecule has 1 fully saturated rings. The molecule has 6 rings (SSSR count). The third-order valence-corrected chi connectivity index (χ3v) is 8.53. The lowest BCUT2D eigenvalue weighted by Gasteiger charge is -2.22. The molecule has 216 valence electrons. The fourth-order valence-corrected chi connectivity index (χ4v) is 6.13. The molecule has 1 aromatic heterocycles. The first-order valence-electron chi connectivity index (χ1n) is 14.0. The van der Waals surface area contributed by atoms with Crippen molar-refractivity contribution in [1.82, 2.24) is 19.8 Å². The summed E-state index contributed by atoms with van der Waals surface area (Å²) in [6.45, 7) is 1.38. The van der Waals surface area contributed by atoms with Crippen molar-refractivity contribution >= 4 is 23.4 Å². The summed E-state index contributed by atoms with van der Waals surface area (Å²) in [4.78, 5) is 13.8. The van der Waals surface area contributed by atoms with Gasteiger partial charge in [0.1, 0.15) is 11.5 Å². The number of methoxy groups -OCH3 is 2. The van der Waals surface area contributed by atoms with Crippen LogP contribution in [-0.4, -0.2) is 64.1 Å². The maximum Gasteiger partial charge on any atom is 0.253 e. The van der Waals surface area contributed by atoms with E-state index >= 15 is 0 Å². The number of amides is 1. The van der Waals surface area contributed by atoms with Crippen LogP contribution < -0.4 is 9.47 Å². The Hall–Kier alpha value is -4.15. The molecule has 1 amide bonds. The summed E-state index contributed by atoms with van der Waals surface area (Å²) in [6.07, 6.45) is 2.74. The molecule has 0 radical (unpaired) electrons. The molecule has 3 aromatic carbocycles. The number of hydrogen-bond donors (Lipinski definition) is 0. The average molecular weight is 584 g/mol. The van der Waals surface area contributed by atoms with Crippen molar-refractivity contribution in [2.75, 3.05) is 26.6 Å². The van der Waals surface area contributed by atoms with E-state index in [0.29, 0.717) is 18.1 Å². The largest absolute Gasteiger partial charge is 0.497 e. The van der Waals surface area contributed by atoms with Gasteiger partial charge in [-0.25, -0.2) is 5.01 Å². The molecule has 0 unspecified atom stereocenters. The van der Waals surface area contributed by atoms with Crippen LogP contribution in [-0.2, 0) is 16.1 Å². The molecule has 0 spiro atoms. The summed E-state index contributed by atoms with van der Waals surface area (Å²) in [6, 6.07) is 25.4. The summed E-state index contributed by atoms with van der Waals surface area (Å²) >= 11 is 1.38. The molecule has 3 heterocycles. The van der Waals surface area contributed by atoms with E-state index in [-0.39, 0.29) is 23.8 Å². The van der Waals surface area contributed by atoms with Crippen molar-refractivity contribution in [2.45, 2.75) is 43.1 Å². The number of carbonyl (C=O) groups is 1. The average Bonchev–Trinajstić information content (AvgIpc) is 3.81. The van der Waals surface area contributed by atoms with Crippen LogP contribution in [0.3, 0.4) is 0 Å². The van der Waals surface area contributed by atoms with E-state index in [0.717, 1.165) is 59.2 Å². The maximum absolute atomic E-state index is 13.8. The quantitative estimate of drug-likeness (QED) is 0.224. The van der Waals surface area contributed by atoms with Crippen molar-refractivity contribution < 1.29 is 19.0 Å². The number of hydrazone groups is 1. The van der Waals surface area contributed by atoms with Gasteiger partial charge in [-0.15, -0.1) is 10.2 Å². The lowest BCUT2D eigenvalue weighted by atomic mass is 9.98. The molecule has 10 heteroatoms. The first-order valence-corrected chi connectivity index (χ1v) is 15.0. The van der Waals surface area contributed by atoms with Crippen LogP contribution in [0.5, 0.6) is 11.5 Å². The summed E-state index contributed by atoms with van der Waals surface area (Å²) in [5.74, 6) is 2.36. The fourth-order valence-electron chi connectivity index (χ4n) is 5.33. The van der Waals surface area contributed by atoms with E-state index in [1.54, 1.807) is 19.2 Å². The summed E-state index contributed by atoms with van der Waals surface area (Å²) < 4.78 is 18.7. The Balaban J connectivity index is 1.25. The van der Waals surface area contributed by atoms with Crippen LogP contribution >= 0.6 is 11.8 Å². The molecule has 0 bridgehead atoms. The van der Waals surface area contributed by atoms with Crippen molar-refractivity contribution in [2.24, 2.45) is 5.10 Å². The Labute approximate surface area is 249 Å². The minimum absolute atomic E-state index is 0.0871. The predicted octanol–water partition coefficient (Wildman–Crippen LogP) is 5.61. The monoisotopic (exact) mass is 583 g/mol. The minimum Gasteiger partial charge on any atom is -0.497 e. The topological polar surface area (TPSA) is 91.1 Å². The predicted molar refractivity (Wildman–Crippen MR) is 162 cm³/mol. The Kier molecular flexibility index (Phi) is 8.52. The van der Waals surface area contributed by atoms with E-state index in [9.17, 15) is 4.79 Å². The highest BCUT2D eigenvalue weighted by Gasteiger charge is 2.33. The van der Waals surface area contributed by atoms with E-state index in [1.807, 2.05) is 78.9 Å². The zero-order valence-electron chi connectivity index (χ0n) is 23.7. The van der Waals surface area contributed by atoms with E-state index in [2.05, 4.69) is 14.8 Å². The van der Waals surface area contributed by atoms with E-state index in [1.165, 1.54) is 11.8 Å². The normalized spacial score (nSPS) is 18.2. The summed E-state index contributed by atoms with van der Waals surface area (Å²) in [7, 11) is 3.29. The number of benzene rings is 3. The zero-order chi connectivity index (χ0) is 28.9. The molecule has 2 aliphatic rings. The van der Waals surface area contributed by atoms with Crippen LogP contribution in [0.15, 0.2) is 89.1 Å². The highest BCUT2D eigenvalue weighted by molar-refractivity contribution is 7.99. The van der Waals surface area contributed by atoms with Gasteiger partial charge in [-0.1, -0.05) is 54.2 Å². The summed E-state index contributed by atoms with van der Waals surface area (Å²) in [5.41, 5.74) is 3.83. The van der Waals surface area contributed by atoms with Crippen molar-refractivity contribution in [3.8, 4) is 22.9 Å². The molecule has 1 saturated heterocycles. The van der Waals surface area contributed by atoms with Gasteiger partial charge in [-0.2, -0.15) is 5.10 Å². The van der Waals surface area contributed by atoms with Crippen LogP contribution in [0.25, 0.3) is 11.4 Å². The maximum atomic E-state index is 13.8. The van der Waals surface area contributed by atoms with Gasteiger partial charge >= 0.3 is 0 Å². The molecular formula is C32H33N5O4S. The minimum atomic E-state index is -0.209. The van der Waals surface area contributed by atoms with Gasteiger partial charge in [-0.3, -0.25) is 9.36 Å². The van der Waals surface area contributed by atoms with Gasteiger partial charge in [0.05, 0.1) is 44.4 Å². The molecule has 2 atom stereocenters. The van der Waals surface area contributed by atoms with E-state index in [4.69, 9.17) is 19.3 Å². The second-order valence-electron chi connectivity index (χ2n) is 10.2. The highest BCUT2D eigenvalue weighted by atomic mass is 32.2. The first-order chi connectivity index (χ1) is 20.6. The molecule has 4 aromatic rings. The third-order valence-electron chi connectivity index (χ3n) is 7.57. The van der Waals surface area contributed by atoms with Gasteiger partial charge in [0.25, 0.3) is 5.91 Å². The zero-order valence-corrected chi connectivity index (χ0v) is 24.5. The Morgan fingerprint density at radius 1 is 0.929 bits per heavy atom. The number of aromatic nitrogens is 3. The number of thioether (sulfide) groups is 1. The van der Waals surface area contributed by atoms with Gasteiger partial charge in [0.15, 0.2) is 11.0 Å². The van der Waals surface area contributed by atoms with Gasteiger partial charge < -0.3 is 14.2 Å². The highest BCUT2D eigenvalue weighted by Crippen LogP contribution is 2.35. The van der Waals surface area contributed by atoms with Gasteiger partial charge in [0.2, 0.25) is 0 Å². The van der Waals surface area contributed by atoms with Crippen molar-refractivity contribution in [1.29, 1.82) is 0 Å². The molecule has 9 nitrogen and oxygen atoms in total. The van der Waals surface area contributed by atoms with Crippen LogP contribution in [0, 0.1) is 0 Å². The van der Waals surface area contributed by atoms with Crippen LogP contribution in [0.4, 0.5) is 0 Å². The SMILES string of the molecule is COc1ccc(-c2nnc(SCC(=O)N3N=C(c4ccccc4)C[C@@H]3c3ccc(OC)cc3)n2C[C@@H]2CCCO2)cc1. The second-order valence-corrected chi connectivity index (χ2v) is 11.2. The lowest BCUT2D eigenvalue weighted by molar-refractivity contribution is -0.130. The number of rotatable bonds is 10. The Bertz CT molecular complexity index is 1530.